The summed E-state index contributed by atoms with van der Waals surface area (Å²) in [6.45, 7) is 3.77. The lowest BCUT2D eigenvalue weighted by atomic mass is 10.1. The topological polar surface area (TPSA) is 41.5 Å². The van der Waals surface area contributed by atoms with Gasteiger partial charge in [0.1, 0.15) is 0 Å². The predicted octanol–water partition coefficient (Wildman–Crippen LogP) is 1.12. The first-order valence-corrected chi connectivity index (χ1v) is 4.19. The predicted molar refractivity (Wildman–Crippen MR) is 49.0 cm³/mol. The van der Waals surface area contributed by atoms with Gasteiger partial charge < -0.3 is 5.32 Å². The highest BCUT2D eigenvalue weighted by atomic mass is 16.1. The fourth-order valence-corrected chi connectivity index (χ4v) is 0.924. The standard InChI is InChI=1S/C9H14N2O/c1-7(2)9(12)11-8-3-5-10-6-4-8/h3,5-8H,4H2,1-2H3,(H,11,12). The Morgan fingerprint density at radius 1 is 1.67 bits per heavy atom. The molecule has 1 N–H and O–H groups in total. The van der Waals surface area contributed by atoms with Crippen LogP contribution in [0.5, 0.6) is 0 Å². The molecule has 1 heterocycles. The van der Waals surface area contributed by atoms with Crippen molar-refractivity contribution in [1.82, 2.24) is 5.32 Å². The molecule has 1 rings (SSSR count). The minimum atomic E-state index is 0.0530. The number of aliphatic imine (C=N–C) groups is 1. The summed E-state index contributed by atoms with van der Waals surface area (Å²) in [6.07, 6.45) is 6.23. The molecule has 12 heavy (non-hydrogen) atoms. The van der Waals surface area contributed by atoms with E-state index in [2.05, 4.69) is 10.3 Å². The molecule has 0 aromatic rings. The Kier molecular flexibility index (Phi) is 3.02. The van der Waals surface area contributed by atoms with Gasteiger partial charge in [-0.15, -0.1) is 0 Å². The van der Waals surface area contributed by atoms with Gasteiger partial charge in [-0.3, -0.25) is 9.79 Å². The van der Waals surface area contributed by atoms with E-state index in [0.29, 0.717) is 0 Å². The van der Waals surface area contributed by atoms with Crippen molar-refractivity contribution in [2.24, 2.45) is 10.9 Å². The first-order chi connectivity index (χ1) is 5.70. The lowest BCUT2D eigenvalue weighted by Crippen LogP contribution is -2.36. The summed E-state index contributed by atoms with van der Waals surface area (Å²) < 4.78 is 0. The molecule has 66 valence electrons. The quantitative estimate of drug-likeness (QED) is 0.656. The van der Waals surface area contributed by atoms with Crippen LogP contribution in [-0.4, -0.2) is 18.2 Å². The molecule has 0 aliphatic carbocycles. The van der Waals surface area contributed by atoms with Crippen LogP contribution in [0, 0.1) is 5.92 Å². The van der Waals surface area contributed by atoms with Crippen molar-refractivity contribution < 1.29 is 4.79 Å². The zero-order chi connectivity index (χ0) is 8.97. The summed E-state index contributed by atoms with van der Waals surface area (Å²) in [5.41, 5.74) is 0. The molecule has 1 amide bonds. The van der Waals surface area contributed by atoms with Crippen LogP contribution in [0.2, 0.25) is 0 Å². The maximum Gasteiger partial charge on any atom is 0.223 e. The first kappa shape index (κ1) is 8.97. The number of hydrogen-bond donors (Lipinski definition) is 1. The van der Waals surface area contributed by atoms with Crippen LogP contribution >= 0.6 is 0 Å². The fourth-order valence-electron chi connectivity index (χ4n) is 0.924. The molecule has 1 unspecified atom stereocenters. The summed E-state index contributed by atoms with van der Waals surface area (Å²) in [5, 5.41) is 2.90. The number of carbonyl (C=O) groups excluding carboxylic acids is 1. The SMILES string of the molecule is CC(C)C(=O)NC1C=CN=CC1. The Balaban J connectivity index is 2.37. The summed E-state index contributed by atoms with van der Waals surface area (Å²) >= 11 is 0. The van der Waals surface area contributed by atoms with Crippen LogP contribution < -0.4 is 5.32 Å². The molecule has 3 nitrogen and oxygen atoms in total. The van der Waals surface area contributed by atoms with E-state index in [9.17, 15) is 4.79 Å². The van der Waals surface area contributed by atoms with Gasteiger partial charge in [0.15, 0.2) is 0 Å². The molecule has 0 spiro atoms. The average molecular weight is 166 g/mol. The van der Waals surface area contributed by atoms with Crippen LogP contribution in [0.3, 0.4) is 0 Å². The molecule has 0 fully saturated rings. The maximum atomic E-state index is 11.2. The van der Waals surface area contributed by atoms with E-state index in [1.165, 1.54) is 0 Å². The van der Waals surface area contributed by atoms with Crippen LogP contribution in [0.15, 0.2) is 17.3 Å². The van der Waals surface area contributed by atoms with Crippen molar-refractivity contribution >= 4 is 12.1 Å². The van der Waals surface area contributed by atoms with Crippen molar-refractivity contribution in [3.05, 3.63) is 12.3 Å². The molecule has 0 aromatic carbocycles. The third kappa shape index (κ3) is 2.49. The normalized spacial score (nSPS) is 21.4. The number of amides is 1. The van der Waals surface area contributed by atoms with Gasteiger partial charge in [-0.2, -0.15) is 0 Å². The lowest BCUT2D eigenvalue weighted by Gasteiger charge is -2.15. The van der Waals surface area contributed by atoms with Crippen molar-refractivity contribution in [2.75, 3.05) is 0 Å². The van der Waals surface area contributed by atoms with Crippen molar-refractivity contribution in [2.45, 2.75) is 26.3 Å². The van der Waals surface area contributed by atoms with E-state index in [0.717, 1.165) is 6.42 Å². The Morgan fingerprint density at radius 3 is 2.92 bits per heavy atom. The highest BCUT2D eigenvalue weighted by Crippen LogP contribution is 2.00. The van der Waals surface area contributed by atoms with Crippen LogP contribution in [0.25, 0.3) is 0 Å². The van der Waals surface area contributed by atoms with Gasteiger partial charge in [0.05, 0.1) is 6.04 Å². The second kappa shape index (κ2) is 4.04. The highest BCUT2D eigenvalue weighted by Gasteiger charge is 2.12. The summed E-state index contributed by atoms with van der Waals surface area (Å²) in [5.74, 6) is 0.150. The Hall–Kier alpha value is -1.12. The zero-order valence-corrected chi connectivity index (χ0v) is 7.45. The number of nitrogens with one attached hydrogen (secondary N) is 1. The summed E-state index contributed by atoms with van der Waals surface area (Å²) in [4.78, 5) is 15.1. The summed E-state index contributed by atoms with van der Waals surface area (Å²) in [6, 6.07) is 0.136. The maximum absolute atomic E-state index is 11.2. The molecular weight excluding hydrogens is 152 g/mol. The Morgan fingerprint density at radius 2 is 2.42 bits per heavy atom. The van der Waals surface area contributed by atoms with Gasteiger partial charge in [-0.25, -0.2) is 0 Å². The fraction of sp³-hybridized carbons (Fsp3) is 0.556. The minimum Gasteiger partial charge on any atom is -0.349 e. The van der Waals surface area contributed by atoms with Crippen molar-refractivity contribution in [3.63, 3.8) is 0 Å². The smallest absolute Gasteiger partial charge is 0.223 e. The molecule has 0 saturated heterocycles. The monoisotopic (exact) mass is 166 g/mol. The molecule has 0 saturated carbocycles. The Bertz CT molecular complexity index is 219. The van der Waals surface area contributed by atoms with Gasteiger partial charge in [0, 0.05) is 24.8 Å². The average Bonchev–Trinajstić information content (AvgIpc) is 2.06. The molecule has 1 aliphatic rings. The number of rotatable bonds is 2. The van der Waals surface area contributed by atoms with Crippen LogP contribution in [0.4, 0.5) is 0 Å². The van der Waals surface area contributed by atoms with Crippen LogP contribution in [0.1, 0.15) is 20.3 Å². The van der Waals surface area contributed by atoms with E-state index in [4.69, 9.17) is 0 Å². The third-order valence-corrected chi connectivity index (χ3v) is 1.72. The van der Waals surface area contributed by atoms with E-state index in [1.54, 1.807) is 6.20 Å². The lowest BCUT2D eigenvalue weighted by molar-refractivity contribution is -0.124. The van der Waals surface area contributed by atoms with E-state index >= 15 is 0 Å². The van der Waals surface area contributed by atoms with Gasteiger partial charge >= 0.3 is 0 Å². The van der Waals surface area contributed by atoms with Gasteiger partial charge in [0.2, 0.25) is 5.91 Å². The molecule has 1 atom stereocenters. The Labute approximate surface area is 72.6 Å². The first-order valence-electron chi connectivity index (χ1n) is 4.19. The molecule has 0 bridgehead atoms. The van der Waals surface area contributed by atoms with Crippen molar-refractivity contribution in [3.8, 4) is 0 Å². The van der Waals surface area contributed by atoms with Crippen LogP contribution in [-0.2, 0) is 4.79 Å². The van der Waals surface area contributed by atoms with Gasteiger partial charge in [0.25, 0.3) is 0 Å². The number of nitrogens with zero attached hydrogens (tertiary/aromatic N) is 1. The number of hydrogen-bond acceptors (Lipinski definition) is 2. The molecule has 0 radical (unpaired) electrons. The largest absolute Gasteiger partial charge is 0.349 e. The van der Waals surface area contributed by atoms with E-state index < -0.39 is 0 Å². The minimum absolute atomic E-state index is 0.0530. The van der Waals surface area contributed by atoms with Gasteiger partial charge in [-0.05, 0) is 6.08 Å². The highest BCUT2D eigenvalue weighted by molar-refractivity contribution is 5.79. The number of carbonyl (C=O) groups is 1. The molecule has 0 aromatic heterocycles. The second-order valence-electron chi connectivity index (χ2n) is 3.18. The molecule has 3 heteroatoms. The zero-order valence-electron chi connectivity index (χ0n) is 7.45. The van der Waals surface area contributed by atoms with Gasteiger partial charge in [-0.1, -0.05) is 13.8 Å². The second-order valence-corrected chi connectivity index (χ2v) is 3.18. The van der Waals surface area contributed by atoms with E-state index in [-0.39, 0.29) is 17.9 Å². The molecule has 1 aliphatic heterocycles. The van der Waals surface area contributed by atoms with E-state index in [1.807, 2.05) is 26.1 Å². The van der Waals surface area contributed by atoms with Crippen molar-refractivity contribution in [1.29, 1.82) is 0 Å². The third-order valence-electron chi connectivity index (χ3n) is 1.72. The molecular formula is C9H14N2O. The summed E-state index contributed by atoms with van der Waals surface area (Å²) in [7, 11) is 0.